The number of aromatic hydroxyl groups is 1. The van der Waals surface area contributed by atoms with Crippen LogP contribution in [0.1, 0.15) is 12.8 Å². The summed E-state index contributed by atoms with van der Waals surface area (Å²) in [6, 6.07) is 5.12. The molecular formula is C12H14N2O3. The van der Waals surface area contributed by atoms with E-state index in [1.807, 2.05) is 6.07 Å². The number of imidazole rings is 1. The van der Waals surface area contributed by atoms with Crippen LogP contribution in [0.3, 0.4) is 0 Å². The zero-order valence-electron chi connectivity index (χ0n) is 9.35. The second kappa shape index (κ2) is 3.92. The van der Waals surface area contributed by atoms with E-state index in [0.29, 0.717) is 12.1 Å². The first-order chi connectivity index (χ1) is 8.25. The number of hydrogen-bond acceptors (Lipinski definition) is 3. The predicted molar refractivity (Wildman–Crippen MR) is 63.2 cm³/mol. The van der Waals surface area contributed by atoms with Crippen molar-refractivity contribution in [3.05, 3.63) is 28.7 Å². The van der Waals surface area contributed by atoms with Gasteiger partial charge in [-0.3, -0.25) is 4.57 Å². The van der Waals surface area contributed by atoms with Crippen LogP contribution in [0.25, 0.3) is 11.0 Å². The molecule has 0 amide bonds. The molecule has 3 rings (SSSR count). The number of benzene rings is 1. The summed E-state index contributed by atoms with van der Waals surface area (Å²) >= 11 is 0. The number of ether oxygens (including phenoxy) is 1. The Kier molecular flexibility index (Phi) is 2.40. The highest BCUT2D eigenvalue weighted by molar-refractivity contribution is 5.81. The van der Waals surface area contributed by atoms with Crippen molar-refractivity contribution >= 4 is 11.0 Å². The topological polar surface area (TPSA) is 67.2 Å². The number of nitrogens with zero attached hydrogens (tertiary/aromatic N) is 1. The summed E-state index contributed by atoms with van der Waals surface area (Å²) in [5, 5.41) is 9.66. The monoisotopic (exact) mass is 234 g/mol. The van der Waals surface area contributed by atoms with Crippen molar-refractivity contribution < 1.29 is 9.84 Å². The van der Waals surface area contributed by atoms with Gasteiger partial charge in [-0.05, 0) is 25.0 Å². The van der Waals surface area contributed by atoms with Gasteiger partial charge in [0.2, 0.25) is 0 Å². The lowest BCUT2D eigenvalue weighted by Crippen LogP contribution is -2.24. The number of phenolic OH excluding ortho intramolecular Hbond substituents is 1. The first-order valence-electron chi connectivity index (χ1n) is 5.78. The van der Waals surface area contributed by atoms with Crippen LogP contribution < -0.4 is 5.69 Å². The molecule has 1 saturated heterocycles. The molecule has 1 aliphatic rings. The molecule has 1 aliphatic heterocycles. The molecule has 2 heterocycles. The van der Waals surface area contributed by atoms with Crippen LogP contribution in [0.4, 0.5) is 0 Å². The molecule has 1 aromatic carbocycles. The van der Waals surface area contributed by atoms with E-state index in [-0.39, 0.29) is 17.5 Å². The van der Waals surface area contributed by atoms with Crippen LogP contribution in [-0.4, -0.2) is 27.4 Å². The molecule has 0 saturated carbocycles. The van der Waals surface area contributed by atoms with Crippen LogP contribution in [0.2, 0.25) is 0 Å². The number of rotatable bonds is 2. The fourth-order valence-electron chi connectivity index (χ4n) is 2.34. The third kappa shape index (κ3) is 1.72. The SMILES string of the molecule is O=c1[nH]c2c(O)cccc2n1CC1CCCO1. The number of fused-ring (bicyclic) bond motifs is 1. The minimum absolute atomic E-state index is 0.102. The van der Waals surface area contributed by atoms with Gasteiger partial charge in [0.25, 0.3) is 0 Å². The lowest BCUT2D eigenvalue weighted by Gasteiger charge is -2.10. The molecular weight excluding hydrogens is 220 g/mol. The number of nitrogens with one attached hydrogen (secondary N) is 1. The zero-order chi connectivity index (χ0) is 11.8. The number of para-hydroxylation sites is 1. The smallest absolute Gasteiger partial charge is 0.326 e. The Morgan fingerprint density at radius 2 is 2.41 bits per heavy atom. The van der Waals surface area contributed by atoms with E-state index in [0.717, 1.165) is 25.0 Å². The van der Waals surface area contributed by atoms with E-state index in [9.17, 15) is 9.90 Å². The number of hydrogen-bond donors (Lipinski definition) is 2. The third-order valence-corrected chi connectivity index (χ3v) is 3.20. The van der Waals surface area contributed by atoms with Gasteiger partial charge in [0.15, 0.2) is 0 Å². The van der Waals surface area contributed by atoms with E-state index in [4.69, 9.17) is 4.74 Å². The van der Waals surface area contributed by atoms with E-state index in [2.05, 4.69) is 4.98 Å². The van der Waals surface area contributed by atoms with Crippen molar-refractivity contribution in [3.63, 3.8) is 0 Å². The van der Waals surface area contributed by atoms with Gasteiger partial charge < -0.3 is 14.8 Å². The summed E-state index contributed by atoms with van der Waals surface area (Å²) in [7, 11) is 0. The van der Waals surface area contributed by atoms with E-state index in [1.54, 1.807) is 16.7 Å². The average Bonchev–Trinajstić information content (AvgIpc) is 2.91. The lowest BCUT2D eigenvalue weighted by atomic mass is 10.2. The Hall–Kier alpha value is -1.75. The van der Waals surface area contributed by atoms with Gasteiger partial charge >= 0.3 is 5.69 Å². The van der Waals surface area contributed by atoms with Gasteiger partial charge in [-0.1, -0.05) is 6.07 Å². The second-order valence-electron chi connectivity index (χ2n) is 4.35. The molecule has 5 nitrogen and oxygen atoms in total. The van der Waals surface area contributed by atoms with Gasteiger partial charge in [0.05, 0.1) is 18.2 Å². The van der Waals surface area contributed by atoms with E-state index in [1.165, 1.54) is 0 Å². The maximum Gasteiger partial charge on any atom is 0.326 e. The van der Waals surface area contributed by atoms with Crippen LogP contribution in [0.15, 0.2) is 23.0 Å². The first-order valence-corrected chi connectivity index (χ1v) is 5.78. The number of phenols is 1. The van der Waals surface area contributed by atoms with Crippen LogP contribution in [0, 0.1) is 0 Å². The fourth-order valence-corrected chi connectivity index (χ4v) is 2.34. The molecule has 0 spiro atoms. The summed E-state index contributed by atoms with van der Waals surface area (Å²) in [5.41, 5.74) is 1.03. The Morgan fingerprint density at radius 1 is 1.53 bits per heavy atom. The molecule has 17 heavy (non-hydrogen) atoms. The molecule has 2 aromatic rings. The quantitative estimate of drug-likeness (QED) is 0.820. The number of aromatic nitrogens is 2. The maximum atomic E-state index is 11.8. The number of H-pyrrole nitrogens is 1. The van der Waals surface area contributed by atoms with Crippen molar-refractivity contribution in [1.82, 2.24) is 9.55 Å². The van der Waals surface area contributed by atoms with Crippen molar-refractivity contribution in [2.24, 2.45) is 0 Å². The van der Waals surface area contributed by atoms with E-state index >= 15 is 0 Å². The van der Waals surface area contributed by atoms with Gasteiger partial charge in [-0.25, -0.2) is 4.79 Å². The Labute approximate surface area is 97.6 Å². The highest BCUT2D eigenvalue weighted by Gasteiger charge is 2.19. The normalized spacial score (nSPS) is 20.1. The zero-order valence-corrected chi connectivity index (χ0v) is 9.35. The first kappa shape index (κ1) is 10.4. The van der Waals surface area contributed by atoms with Gasteiger partial charge in [-0.2, -0.15) is 0 Å². The highest BCUT2D eigenvalue weighted by Crippen LogP contribution is 2.22. The van der Waals surface area contributed by atoms with Gasteiger partial charge in [0, 0.05) is 6.61 Å². The van der Waals surface area contributed by atoms with Crippen LogP contribution >= 0.6 is 0 Å². The fraction of sp³-hybridized carbons (Fsp3) is 0.417. The summed E-state index contributed by atoms with van der Waals surface area (Å²) in [4.78, 5) is 14.5. The van der Waals surface area contributed by atoms with Crippen LogP contribution in [0.5, 0.6) is 5.75 Å². The molecule has 0 bridgehead atoms. The molecule has 1 atom stereocenters. The Bertz CT molecular complexity index is 593. The molecule has 1 unspecified atom stereocenters. The van der Waals surface area contributed by atoms with Crippen molar-refractivity contribution in [1.29, 1.82) is 0 Å². The molecule has 5 heteroatoms. The van der Waals surface area contributed by atoms with Gasteiger partial charge in [0.1, 0.15) is 11.3 Å². The lowest BCUT2D eigenvalue weighted by molar-refractivity contribution is 0.0972. The largest absolute Gasteiger partial charge is 0.506 e. The summed E-state index contributed by atoms with van der Waals surface area (Å²) in [6.07, 6.45) is 2.14. The standard InChI is InChI=1S/C12H14N2O3/c15-10-5-1-4-9-11(10)13-12(16)14(9)7-8-3-2-6-17-8/h1,4-5,8,15H,2-3,6-7H2,(H,13,16). The second-order valence-corrected chi connectivity index (χ2v) is 4.35. The maximum absolute atomic E-state index is 11.8. The molecule has 0 aliphatic carbocycles. The molecule has 2 N–H and O–H groups in total. The van der Waals surface area contributed by atoms with Crippen molar-refractivity contribution in [3.8, 4) is 5.75 Å². The van der Waals surface area contributed by atoms with Crippen LogP contribution in [-0.2, 0) is 11.3 Å². The molecule has 90 valence electrons. The minimum atomic E-state index is -0.197. The molecule has 1 fully saturated rings. The highest BCUT2D eigenvalue weighted by atomic mass is 16.5. The van der Waals surface area contributed by atoms with Crippen molar-refractivity contribution in [2.45, 2.75) is 25.5 Å². The van der Waals surface area contributed by atoms with Gasteiger partial charge in [-0.15, -0.1) is 0 Å². The number of aromatic amines is 1. The summed E-state index contributed by atoms with van der Waals surface area (Å²) in [6.45, 7) is 1.31. The average molecular weight is 234 g/mol. The molecule has 1 aromatic heterocycles. The summed E-state index contributed by atoms with van der Waals surface area (Å²) in [5.74, 6) is 0.102. The predicted octanol–water partition coefficient (Wildman–Crippen LogP) is 1.21. The van der Waals surface area contributed by atoms with Crippen molar-refractivity contribution in [2.75, 3.05) is 6.61 Å². The molecule has 0 radical (unpaired) electrons. The Balaban J connectivity index is 2.06. The summed E-state index contributed by atoms with van der Waals surface area (Å²) < 4.78 is 7.15. The van der Waals surface area contributed by atoms with E-state index < -0.39 is 0 Å². The third-order valence-electron chi connectivity index (χ3n) is 3.20. The minimum Gasteiger partial charge on any atom is -0.506 e. The Morgan fingerprint density at radius 3 is 3.18 bits per heavy atom.